The Morgan fingerprint density at radius 3 is 2.76 bits per heavy atom. The van der Waals surface area contributed by atoms with E-state index < -0.39 is 10.0 Å². The summed E-state index contributed by atoms with van der Waals surface area (Å²) in [5.41, 5.74) is 6.28. The van der Waals surface area contributed by atoms with Gasteiger partial charge in [-0.3, -0.25) is 4.79 Å². The number of hydrogen-bond acceptors (Lipinski definition) is 4. The molecule has 1 aliphatic rings. The molecule has 0 radical (unpaired) electrons. The zero-order valence-corrected chi connectivity index (χ0v) is 13.6. The van der Waals surface area contributed by atoms with Crippen LogP contribution in [0, 0.1) is 0 Å². The Morgan fingerprint density at radius 1 is 1.43 bits per heavy atom. The van der Waals surface area contributed by atoms with E-state index >= 15 is 0 Å². The second kappa shape index (κ2) is 7.35. The van der Waals surface area contributed by atoms with Crippen molar-refractivity contribution in [3.63, 3.8) is 0 Å². The molecule has 5 nitrogen and oxygen atoms in total. The van der Waals surface area contributed by atoms with Gasteiger partial charge in [0, 0.05) is 31.1 Å². The molecule has 21 heavy (non-hydrogen) atoms. The summed E-state index contributed by atoms with van der Waals surface area (Å²) in [6.07, 6.45) is 1.98. The van der Waals surface area contributed by atoms with Crippen molar-refractivity contribution in [3.8, 4) is 0 Å². The highest BCUT2D eigenvalue weighted by Gasteiger charge is 2.29. The molecular formula is C14H21ClN2O3S. The van der Waals surface area contributed by atoms with Crippen LogP contribution in [-0.2, 0) is 10.0 Å². The normalized spacial score (nSPS) is 19.8. The molecule has 7 heteroatoms. The molecule has 1 aromatic rings. The lowest BCUT2D eigenvalue weighted by atomic mass is 10.1. The number of piperidine rings is 1. The van der Waals surface area contributed by atoms with Crippen molar-refractivity contribution in [1.82, 2.24) is 4.31 Å². The quantitative estimate of drug-likeness (QED) is 0.853. The highest BCUT2D eigenvalue weighted by molar-refractivity contribution is 7.89. The Labute approximate surface area is 132 Å². The van der Waals surface area contributed by atoms with Crippen molar-refractivity contribution >= 4 is 28.2 Å². The van der Waals surface area contributed by atoms with Gasteiger partial charge in [-0.2, -0.15) is 4.31 Å². The highest BCUT2D eigenvalue weighted by atomic mass is 35.5. The zero-order valence-electron chi connectivity index (χ0n) is 12.0. The Morgan fingerprint density at radius 2 is 2.14 bits per heavy atom. The molecule has 0 amide bonds. The molecule has 0 spiro atoms. The van der Waals surface area contributed by atoms with Crippen molar-refractivity contribution in [2.24, 2.45) is 5.73 Å². The van der Waals surface area contributed by atoms with Gasteiger partial charge < -0.3 is 5.73 Å². The van der Waals surface area contributed by atoms with Gasteiger partial charge in [0.2, 0.25) is 10.0 Å². The van der Waals surface area contributed by atoms with E-state index in [0.29, 0.717) is 25.1 Å². The predicted molar refractivity (Wildman–Crippen MR) is 84.3 cm³/mol. The van der Waals surface area contributed by atoms with E-state index in [0.717, 1.165) is 12.8 Å². The average Bonchev–Trinajstić information content (AvgIpc) is 2.46. The van der Waals surface area contributed by atoms with Gasteiger partial charge in [0.15, 0.2) is 5.78 Å². The summed E-state index contributed by atoms with van der Waals surface area (Å²) in [5, 5.41) is 0. The Balaban J connectivity index is 0.00000220. The first-order chi connectivity index (χ1) is 9.45. The van der Waals surface area contributed by atoms with Gasteiger partial charge in [0.05, 0.1) is 4.90 Å². The fourth-order valence-corrected chi connectivity index (χ4v) is 3.96. The van der Waals surface area contributed by atoms with Crippen LogP contribution in [0.4, 0.5) is 0 Å². The summed E-state index contributed by atoms with van der Waals surface area (Å²) in [7, 11) is -3.56. The van der Waals surface area contributed by atoms with Crippen LogP contribution in [0.2, 0.25) is 0 Å². The number of nitrogens with two attached hydrogens (primary N) is 1. The second-order valence-electron chi connectivity index (χ2n) is 5.07. The Bertz CT molecular complexity index is 604. The lowest BCUT2D eigenvalue weighted by Gasteiger charge is -2.29. The van der Waals surface area contributed by atoms with Gasteiger partial charge in [-0.25, -0.2) is 8.42 Å². The molecule has 1 unspecified atom stereocenters. The number of sulfonamides is 1. The summed E-state index contributed by atoms with van der Waals surface area (Å²) >= 11 is 0. The monoisotopic (exact) mass is 332 g/mol. The number of carbonyl (C=O) groups is 1. The van der Waals surface area contributed by atoms with E-state index in [-0.39, 0.29) is 29.1 Å². The Hall–Kier alpha value is -0.950. The van der Waals surface area contributed by atoms with Crippen LogP contribution in [0.5, 0.6) is 0 Å². The maximum atomic E-state index is 12.6. The number of nitrogens with zero attached hydrogens (tertiary/aromatic N) is 1. The van der Waals surface area contributed by atoms with Crippen LogP contribution in [0.15, 0.2) is 29.2 Å². The lowest BCUT2D eigenvalue weighted by Crippen LogP contribution is -2.45. The minimum absolute atomic E-state index is 0. The molecule has 0 aliphatic carbocycles. The predicted octanol–water partition coefficient (Wildman–Crippen LogP) is 1.81. The van der Waals surface area contributed by atoms with E-state index in [1.807, 2.05) is 0 Å². The second-order valence-corrected chi connectivity index (χ2v) is 7.01. The molecule has 1 aliphatic heterocycles. The molecule has 0 saturated carbocycles. The van der Waals surface area contributed by atoms with Crippen molar-refractivity contribution < 1.29 is 13.2 Å². The van der Waals surface area contributed by atoms with Crippen molar-refractivity contribution in [3.05, 3.63) is 29.8 Å². The van der Waals surface area contributed by atoms with Crippen LogP contribution in [-0.4, -0.2) is 37.6 Å². The fraction of sp³-hybridized carbons (Fsp3) is 0.500. The molecule has 2 N–H and O–H groups in total. The lowest BCUT2D eigenvalue weighted by molar-refractivity contribution is 0.0988. The first-order valence-corrected chi connectivity index (χ1v) is 8.28. The first-order valence-electron chi connectivity index (χ1n) is 6.84. The van der Waals surface area contributed by atoms with Gasteiger partial charge in [0.25, 0.3) is 0 Å². The number of halogens is 1. The molecule has 2 rings (SSSR count). The Kier molecular flexibility index (Phi) is 6.34. The van der Waals surface area contributed by atoms with Gasteiger partial charge >= 0.3 is 0 Å². The van der Waals surface area contributed by atoms with Gasteiger partial charge in [-0.15, -0.1) is 12.4 Å². The summed E-state index contributed by atoms with van der Waals surface area (Å²) in [6.45, 7) is 2.59. The van der Waals surface area contributed by atoms with E-state index in [2.05, 4.69) is 0 Å². The summed E-state index contributed by atoms with van der Waals surface area (Å²) < 4.78 is 26.5. The maximum absolute atomic E-state index is 12.6. The van der Waals surface area contributed by atoms with Crippen LogP contribution in [0.1, 0.15) is 36.5 Å². The number of carbonyl (C=O) groups excluding carboxylic acids is 1. The van der Waals surface area contributed by atoms with E-state index in [1.54, 1.807) is 19.1 Å². The molecule has 0 bridgehead atoms. The van der Waals surface area contributed by atoms with Crippen LogP contribution in [0.3, 0.4) is 0 Å². The smallest absolute Gasteiger partial charge is 0.243 e. The standard InChI is InChI=1S/C14H20N2O3S.ClH/c1-2-14(17)11-5-3-7-13(9-11)20(18,19)16-8-4-6-12(15)10-16;/h3,5,7,9,12H,2,4,6,8,10,15H2,1H3;1H. The number of Topliss-reactive ketones (excluding diaryl/α,β-unsaturated/α-hetero) is 1. The van der Waals surface area contributed by atoms with Crippen LogP contribution < -0.4 is 5.73 Å². The van der Waals surface area contributed by atoms with Crippen molar-refractivity contribution in [2.75, 3.05) is 13.1 Å². The molecule has 0 aromatic heterocycles. The average molecular weight is 333 g/mol. The molecule has 1 saturated heterocycles. The molecule has 1 atom stereocenters. The number of ketones is 1. The van der Waals surface area contributed by atoms with Crippen LogP contribution in [0.25, 0.3) is 0 Å². The highest BCUT2D eigenvalue weighted by Crippen LogP contribution is 2.21. The van der Waals surface area contributed by atoms with Crippen molar-refractivity contribution in [2.45, 2.75) is 37.1 Å². The first kappa shape index (κ1) is 18.1. The third-order valence-electron chi connectivity index (χ3n) is 3.54. The summed E-state index contributed by atoms with van der Waals surface area (Å²) in [4.78, 5) is 11.9. The molecule has 1 fully saturated rings. The van der Waals surface area contributed by atoms with Crippen molar-refractivity contribution in [1.29, 1.82) is 0 Å². The molecule has 118 valence electrons. The SMILES string of the molecule is CCC(=O)c1cccc(S(=O)(=O)N2CCCC(N)C2)c1.Cl. The topological polar surface area (TPSA) is 80.5 Å². The number of rotatable bonds is 4. The minimum atomic E-state index is -3.56. The number of hydrogen-bond donors (Lipinski definition) is 1. The van der Waals surface area contributed by atoms with E-state index in [4.69, 9.17) is 5.73 Å². The van der Waals surface area contributed by atoms with E-state index in [1.165, 1.54) is 16.4 Å². The largest absolute Gasteiger partial charge is 0.327 e. The fourth-order valence-electron chi connectivity index (χ4n) is 2.38. The van der Waals surface area contributed by atoms with Gasteiger partial charge in [0.1, 0.15) is 0 Å². The number of benzene rings is 1. The zero-order chi connectivity index (χ0) is 14.8. The molecule has 1 heterocycles. The minimum Gasteiger partial charge on any atom is -0.327 e. The van der Waals surface area contributed by atoms with Crippen LogP contribution >= 0.6 is 12.4 Å². The van der Waals surface area contributed by atoms with E-state index in [9.17, 15) is 13.2 Å². The van der Waals surface area contributed by atoms with Gasteiger partial charge in [-0.05, 0) is 25.0 Å². The third-order valence-corrected chi connectivity index (χ3v) is 5.40. The summed E-state index contributed by atoms with van der Waals surface area (Å²) in [5.74, 6) is -0.0580. The molecule has 1 aromatic carbocycles. The summed E-state index contributed by atoms with van der Waals surface area (Å²) in [6, 6.07) is 6.13. The third kappa shape index (κ3) is 4.03. The van der Waals surface area contributed by atoms with Gasteiger partial charge in [-0.1, -0.05) is 19.1 Å². The molecular weight excluding hydrogens is 312 g/mol. The maximum Gasteiger partial charge on any atom is 0.243 e.